The Morgan fingerprint density at radius 2 is 1.91 bits per heavy atom. The van der Waals surface area contributed by atoms with Crippen LogP contribution in [0.15, 0.2) is 36.4 Å². The summed E-state index contributed by atoms with van der Waals surface area (Å²) < 4.78 is 10.9. The van der Waals surface area contributed by atoms with Gasteiger partial charge in [0, 0.05) is 16.3 Å². The van der Waals surface area contributed by atoms with E-state index >= 15 is 0 Å². The van der Waals surface area contributed by atoms with E-state index in [0.29, 0.717) is 35.3 Å². The van der Waals surface area contributed by atoms with E-state index in [0.717, 1.165) is 11.3 Å². The molecule has 1 aliphatic heterocycles. The second kappa shape index (κ2) is 6.28. The van der Waals surface area contributed by atoms with Crippen LogP contribution < -0.4 is 14.8 Å². The van der Waals surface area contributed by atoms with E-state index in [1.807, 2.05) is 25.1 Å². The number of fused-ring (bicyclic) bond motifs is 1. The Morgan fingerprint density at radius 3 is 2.68 bits per heavy atom. The van der Waals surface area contributed by atoms with Crippen molar-refractivity contribution in [3.63, 3.8) is 0 Å². The minimum Gasteiger partial charge on any atom is -0.486 e. The zero-order valence-corrected chi connectivity index (χ0v) is 12.9. The summed E-state index contributed by atoms with van der Waals surface area (Å²) in [7, 11) is 0. The van der Waals surface area contributed by atoms with E-state index in [-0.39, 0.29) is 12.3 Å². The first-order valence-electron chi connectivity index (χ1n) is 7.06. The quantitative estimate of drug-likeness (QED) is 0.873. The van der Waals surface area contributed by atoms with E-state index in [1.165, 1.54) is 0 Å². The van der Waals surface area contributed by atoms with Crippen LogP contribution in [0.25, 0.3) is 0 Å². The molecule has 0 amide bonds. The number of carbonyl (C=O) groups is 1. The van der Waals surface area contributed by atoms with Crippen LogP contribution in [0, 0.1) is 6.92 Å². The molecule has 5 heteroatoms. The van der Waals surface area contributed by atoms with E-state index in [1.54, 1.807) is 18.2 Å². The van der Waals surface area contributed by atoms with Gasteiger partial charge in [-0.3, -0.25) is 4.79 Å². The highest BCUT2D eigenvalue weighted by Crippen LogP contribution is 2.30. The second-order valence-corrected chi connectivity index (χ2v) is 5.51. The normalized spacial score (nSPS) is 12.8. The van der Waals surface area contributed by atoms with E-state index in [2.05, 4.69) is 5.32 Å². The fourth-order valence-corrected chi connectivity index (χ4v) is 2.38. The van der Waals surface area contributed by atoms with Crippen molar-refractivity contribution >= 4 is 23.1 Å². The van der Waals surface area contributed by atoms with Crippen molar-refractivity contribution in [2.45, 2.75) is 6.92 Å². The van der Waals surface area contributed by atoms with Gasteiger partial charge >= 0.3 is 0 Å². The number of rotatable bonds is 4. The molecule has 0 fully saturated rings. The Bertz CT molecular complexity index is 715. The van der Waals surface area contributed by atoms with Crippen molar-refractivity contribution in [1.29, 1.82) is 0 Å². The zero-order chi connectivity index (χ0) is 15.5. The summed E-state index contributed by atoms with van der Waals surface area (Å²) in [5, 5.41) is 3.76. The molecule has 0 aliphatic carbocycles. The zero-order valence-electron chi connectivity index (χ0n) is 12.2. The first-order valence-corrected chi connectivity index (χ1v) is 7.44. The number of ketones is 1. The van der Waals surface area contributed by atoms with E-state index in [4.69, 9.17) is 21.1 Å². The van der Waals surface area contributed by atoms with Crippen LogP contribution >= 0.6 is 11.6 Å². The fraction of sp³-hybridized carbons (Fsp3) is 0.235. The summed E-state index contributed by atoms with van der Waals surface area (Å²) in [4.78, 5) is 12.3. The maximum absolute atomic E-state index is 12.3. The average molecular weight is 318 g/mol. The molecule has 22 heavy (non-hydrogen) atoms. The van der Waals surface area contributed by atoms with Gasteiger partial charge in [0.25, 0.3) is 0 Å². The molecule has 0 saturated heterocycles. The molecule has 0 spiro atoms. The Kier molecular flexibility index (Phi) is 4.20. The van der Waals surface area contributed by atoms with Crippen LogP contribution in [0.5, 0.6) is 11.5 Å². The molecule has 0 atom stereocenters. The number of ether oxygens (including phenoxy) is 2. The van der Waals surface area contributed by atoms with Crippen LogP contribution in [0.1, 0.15) is 15.9 Å². The van der Waals surface area contributed by atoms with Crippen molar-refractivity contribution in [3.8, 4) is 11.5 Å². The molecule has 2 aromatic carbocycles. The van der Waals surface area contributed by atoms with Gasteiger partial charge in [0.2, 0.25) is 0 Å². The molecule has 0 saturated carbocycles. The van der Waals surface area contributed by atoms with Gasteiger partial charge in [-0.05, 0) is 42.8 Å². The highest BCUT2D eigenvalue weighted by Gasteiger charge is 2.14. The molecular weight excluding hydrogens is 302 g/mol. The Balaban J connectivity index is 1.68. The summed E-state index contributed by atoms with van der Waals surface area (Å²) in [6.07, 6.45) is 0. The maximum atomic E-state index is 12.3. The molecule has 2 aromatic rings. The summed E-state index contributed by atoms with van der Waals surface area (Å²) in [5.41, 5.74) is 2.42. The van der Waals surface area contributed by atoms with Gasteiger partial charge in [0.15, 0.2) is 17.3 Å². The first kappa shape index (κ1) is 14.7. The largest absolute Gasteiger partial charge is 0.486 e. The number of hydrogen-bond donors (Lipinski definition) is 1. The van der Waals surface area contributed by atoms with Gasteiger partial charge in [0.05, 0.1) is 6.54 Å². The molecule has 0 radical (unpaired) electrons. The smallest absolute Gasteiger partial charge is 0.181 e. The van der Waals surface area contributed by atoms with Crippen molar-refractivity contribution in [2.24, 2.45) is 0 Å². The van der Waals surface area contributed by atoms with Crippen molar-refractivity contribution in [3.05, 3.63) is 52.5 Å². The lowest BCUT2D eigenvalue weighted by Crippen LogP contribution is -2.17. The molecule has 114 valence electrons. The van der Waals surface area contributed by atoms with Crippen LogP contribution in [-0.4, -0.2) is 25.5 Å². The highest BCUT2D eigenvalue weighted by molar-refractivity contribution is 6.31. The Morgan fingerprint density at radius 1 is 1.14 bits per heavy atom. The minimum atomic E-state index is -0.0197. The third-order valence-corrected chi connectivity index (χ3v) is 3.90. The molecule has 0 bridgehead atoms. The SMILES string of the molecule is Cc1ccc(NCC(=O)c2ccc3c(c2)OCCO3)cc1Cl. The lowest BCUT2D eigenvalue weighted by molar-refractivity contribution is 0.100. The van der Waals surface area contributed by atoms with Gasteiger partial charge in [-0.25, -0.2) is 0 Å². The Hall–Kier alpha value is -2.20. The van der Waals surface area contributed by atoms with Gasteiger partial charge in [-0.2, -0.15) is 0 Å². The number of Topliss-reactive ketones (excluding diaryl/α,β-unsaturated/α-hetero) is 1. The third kappa shape index (κ3) is 3.17. The first-order chi connectivity index (χ1) is 10.6. The lowest BCUT2D eigenvalue weighted by Gasteiger charge is -2.18. The summed E-state index contributed by atoms with van der Waals surface area (Å²) in [5.74, 6) is 1.28. The van der Waals surface area contributed by atoms with Crippen molar-refractivity contribution in [1.82, 2.24) is 0 Å². The molecule has 1 heterocycles. The van der Waals surface area contributed by atoms with Gasteiger partial charge in [-0.1, -0.05) is 17.7 Å². The van der Waals surface area contributed by atoms with Crippen LogP contribution in [-0.2, 0) is 0 Å². The second-order valence-electron chi connectivity index (χ2n) is 5.10. The fourth-order valence-electron chi connectivity index (χ4n) is 2.20. The molecule has 0 unspecified atom stereocenters. The number of aryl methyl sites for hydroxylation is 1. The van der Waals surface area contributed by atoms with E-state index < -0.39 is 0 Å². The molecule has 0 aromatic heterocycles. The molecule has 1 aliphatic rings. The summed E-state index contributed by atoms with van der Waals surface area (Å²) >= 11 is 6.07. The molecule has 3 rings (SSSR count). The molecule has 1 N–H and O–H groups in total. The number of carbonyl (C=O) groups excluding carboxylic acids is 1. The number of nitrogens with one attached hydrogen (secondary N) is 1. The molecular formula is C17H16ClNO3. The Labute approximate surface area is 134 Å². The molecule has 4 nitrogen and oxygen atoms in total. The average Bonchev–Trinajstić information content (AvgIpc) is 2.55. The number of hydrogen-bond acceptors (Lipinski definition) is 4. The van der Waals surface area contributed by atoms with Crippen LogP contribution in [0.3, 0.4) is 0 Å². The maximum Gasteiger partial charge on any atom is 0.181 e. The lowest BCUT2D eigenvalue weighted by atomic mass is 10.1. The summed E-state index contributed by atoms with van der Waals surface area (Å²) in [6.45, 7) is 3.17. The summed E-state index contributed by atoms with van der Waals surface area (Å²) in [6, 6.07) is 10.9. The van der Waals surface area contributed by atoms with Gasteiger partial charge in [-0.15, -0.1) is 0 Å². The monoisotopic (exact) mass is 317 g/mol. The van der Waals surface area contributed by atoms with Crippen molar-refractivity contribution < 1.29 is 14.3 Å². The third-order valence-electron chi connectivity index (χ3n) is 3.49. The highest BCUT2D eigenvalue weighted by atomic mass is 35.5. The predicted octanol–water partition coefficient (Wildman–Crippen LogP) is 3.71. The number of halogens is 1. The van der Waals surface area contributed by atoms with Crippen LogP contribution in [0.4, 0.5) is 5.69 Å². The number of benzene rings is 2. The van der Waals surface area contributed by atoms with E-state index in [9.17, 15) is 4.79 Å². The van der Waals surface area contributed by atoms with Gasteiger partial charge in [0.1, 0.15) is 13.2 Å². The standard InChI is InChI=1S/C17H16ClNO3/c1-11-2-4-13(9-14(11)18)19-10-15(20)12-3-5-16-17(8-12)22-7-6-21-16/h2-5,8-9,19H,6-7,10H2,1H3. The van der Waals surface area contributed by atoms with Crippen molar-refractivity contribution in [2.75, 3.05) is 25.1 Å². The topological polar surface area (TPSA) is 47.6 Å². The van der Waals surface area contributed by atoms with Crippen LogP contribution in [0.2, 0.25) is 5.02 Å². The predicted molar refractivity (Wildman–Crippen MR) is 86.4 cm³/mol. The minimum absolute atomic E-state index is 0.0197. The number of anilines is 1. The van der Waals surface area contributed by atoms with Gasteiger partial charge < -0.3 is 14.8 Å².